The Morgan fingerprint density at radius 3 is 2.49 bits per heavy atom. The smallest absolute Gasteiger partial charge is 0.249 e. The molecule has 39 heavy (non-hydrogen) atoms. The summed E-state index contributed by atoms with van der Waals surface area (Å²) in [7, 11) is 0. The highest BCUT2D eigenvalue weighted by Crippen LogP contribution is 2.81. The molecule has 1 N–H and O–H groups in total. The van der Waals surface area contributed by atoms with E-state index < -0.39 is 5.41 Å². The number of benzene rings is 2. The van der Waals surface area contributed by atoms with Crippen LogP contribution in [0.5, 0.6) is 0 Å². The first-order chi connectivity index (χ1) is 19.0. The van der Waals surface area contributed by atoms with E-state index in [1.54, 1.807) is 0 Å². The predicted molar refractivity (Wildman–Crippen MR) is 154 cm³/mol. The number of rotatable bonds is 4. The van der Waals surface area contributed by atoms with Crippen molar-refractivity contribution >= 4 is 33.9 Å². The molecular weight excluding hydrogens is 502 g/mol. The zero-order chi connectivity index (χ0) is 26.4. The summed E-state index contributed by atoms with van der Waals surface area (Å²) < 4.78 is 0. The largest absolute Gasteiger partial charge is 0.339 e. The van der Waals surface area contributed by atoms with E-state index >= 15 is 0 Å². The number of fused-ring (bicyclic) bond motifs is 5. The first-order valence-electron chi connectivity index (χ1n) is 14.2. The van der Waals surface area contributed by atoms with Crippen molar-refractivity contribution in [2.75, 3.05) is 18.4 Å². The van der Waals surface area contributed by atoms with Gasteiger partial charge in [-0.25, -0.2) is 4.98 Å². The summed E-state index contributed by atoms with van der Waals surface area (Å²) in [6.07, 6.45) is 8.60. The van der Waals surface area contributed by atoms with E-state index in [0.29, 0.717) is 11.0 Å². The van der Waals surface area contributed by atoms with Gasteiger partial charge in [0.05, 0.1) is 11.1 Å². The van der Waals surface area contributed by atoms with E-state index in [1.165, 1.54) is 33.6 Å². The molecule has 1 aromatic heterocycles. The Bertz CT molecular complexity index is 1610. The molecule has 1 spiro atoms. The summed E-state index contributed by atoms with van der Waals surface area (Å²) in [5, 5.41) is 5.90. The molecule has 2 heterocycles. The number of hydrogen-bond donors (Lipinski definition) is 1. The molecule has 1 saturated heterocycles. The second-order valence-corrected chi connectivity index (χ2v) is 12.8. The van der Waals surface area contributed by atoms with Crippen molar-refractivity contribution in [1.82, 2.24) is 9.88 Å². The Balaban J connectivity index is 1.04. The number of nitrogens with zero attached hydrogens (tertiary/aromatic N) is 2. The second-order valence-electron chi connectivity index (χ2n) is 12.0. The monoisotopic (exact) mass is 533 g/mol. The zero-order valence-electron chi connectivity index (χ0n) is 22.1. The Labute approximate surface area is 232 Å². The molecule has 2 amide bonds. The topological polar surface area (TPSA) is 62.3 Å². The van der Waals surface area contributed by atoms with E-state index in [0.717, 1.165) is 62.0 Å². The lowest BCUT2D eigenvalue weighted by Gasteiger charge is -2.67. The minimum Gasteiger partial charge on any atom is -0.339 e. The van der Waals surface area contributed by atoms with Gasteiger partial charge in [-0.2, -0.15) is 0 Å². The van der Waals surface area contributed by atoms with Gasteiger partial charge in [0, 0.05) is 35.4 Å². The normalized spacial score (nSPS) is 29.6. The van der Waals surface area contributed by atoms with Crippen LogP contribution in [0.15, 0.2) is 71.6 Å². The van der Waals surface area contributed by atoms with E-state index in [2.05, 4.69) is 60.8 Å². The number of carbonyl (C=O) groups is 2. The molecule has 4 unspecified atom stereocenters. The first kappa shape index (κ1) is 23.4. The highest BCUT2D eigenvalue weighted by molar-refractivity contribution is 7.14. The third-order valence-electron chi connectivity index (χ3n) is 10.3. The molecule has 2 aromatic carbocycles. The maximum Gasteiger partial charge on any atom is 0.249 e. The average Bonchev–Trinajstić information content (AvgIpc) is 3.68. The lowest BCUT2D eigenvalue weighted by Crippen LogP contribution is -2.68. The molecule has 6 heteroatoms. The van der Waals surface area contributed by atoms with Gasteiger partial charge in [-0.1, -0.05) is 60.7 Å². The standard InChI is InChI=1S/C33H31N3O2S/c1-32(18-26-22-8-2-3-9-23(22)28-24-10-4-5-11-25(24)33(26,28)32)30(38)35-31-34-27(19-39-31)20-12-14-21(15-13-20)29(37)36-16-6-7-17-36/h2-5,8-12,14,19,26,28H,6-7,13,15-18H2,1H3,(H,34,35,38). The summed E-state index contributed by atoms with van der Waals surface area (Å²) in [5.74, 6) is 0.920. The Morgan fingerprint density at radius 2 is 1.72 bits per heavy atom. The Kier molecular flexibility index (Phi) is 4.94. The summed E-state index contributed by atoms with van der Waals surface area (Å²) >= 11 is 1.49. The van der Waals surface area contributed by atoms with Crippen LogP contribution < -0.4 is 5.32 Å². The molecule has 3 aromatic rings. The maximum atomic E-state index is 14.0. The minimum absolute atomic E-state index is 0.0722. The molecule has 196 valence electrons. The van der Waals surface area contributed by atoms with Crippen LogP contribution >= 0.6 is 11.3 Å². The highest BCUT2D eigenvalue weighted by atomic mass is 32.1. The zero-order valence-corrected chi connectivity index (χ0v) is 22.9. The molecule has 2 fully saturated rings. The summed E-state index contributed by atoms with van der Waals surface area (Å²) in [5.41, 5.74) is 7.78. The van der Waals surface area contributed by atoms with Gasteiger partial charge in [0.25, 0.3) is 0 Å². The van der Waals surface area contributed by atoms with Gasteiger partial charge in [-0.3, -0.25) is 9.59 Å². The number of aromatic nitrogens is 1. The number of anilines is 1. The van der Waals surface area contributed by atoms with Crippen LogP contribution in [0.4, 0.5) is 5.13 Å². The van der Waals surface area contributed by atoms with Crippen LogP contribution in [-0.2, 0) is 15.0 Å². The van der Waals surface area contributed by atoms with Crippen LogP contribution in [0, 0.1) is 5.41 Å². The molecule has 8 rings (SSSR count). The number of hydrogen-bond acceptors (Lipinski definition) is 4. The Morgan fingerprint density at radius 1 is 0.974 bits per heavy atom. The average molecular weight is 534 g/mol. The van der Waals surface area contributed by atoms with Crippen molar-refractivity contribution in [3.8, 4) is 0 Å². The summed E-state index contributed by atoms with van der Waals surface area (Å²) in [4.78, 5) is 33.6. The van der Waals surface area contributed by atoms with Crippen LogP contribution in [0.3, 0.4) is 0 Å². The van der Waals surface area contributed by atoms with Crippen LogP contribution in [0.2, 0.25) is 0 Å². The first-order valence-corrected chi connectivity index (χ1v) is 15.0. The van der Waals surface area contributed by atoms with E-state index in [9.17, 15) is 9.59 Å². The molecule has 5 nitrogen and oxygen atoms in total. The van der Waals surface area contributed by atoms with E-state index in [4.69, 9.17) is 4.98 Å². The summed E-state index contributed by atoms with van der Waals surface area (Å²) in [6.45, 7) is 3.91. The third-order valence-corrected chi connectivity index (χ3v) is 11.1. The molecule has 4 atom stereocenters. The molecular formula is C33H31N3O2S. The van der Waals surface area contributed by atoms with Gasteiger partial charge in [-0.05, 0) is 72.8 Å². The fourth-order valence-corrected chi connectivity index (χ4v) is 9.18. The van der Waals surface area contributed by atoms with E-state index in [-0.39, 0.29) is 23.1 Å². The van der Waals surface area contributed by atoms with Gasteiger partial charge in [0.1, 0.15) is 0 Å². The SMILES string of the molecule is CC1(C(=O)Nc2nc(C3=CC=C(C(=O)N4CCCC4)CC3)cs2)CC2c3ccccc3C3c4ccccc4C231. The minimum atomic E-state index is -0.501. The second kappa shape index (κ2) is 8.25. The highest BCUT2D eigenvalue weighted by Gasteiger charge is 2.78. The molecule has 5 aliphatic rings. The van der Waals surface area contributed by atoms with Gasteiger partial charge in [0.15, 0.2) is 5.13 Å². The number of likely N-dealkylation sites (tertiary alicyclic amines) is 1. The van der Waals surface area contributed by atoms with Crippen molar-refractivity contribution in [3.63, 3.8) is 0 Å². The number of carbonyl (C=O) groups excluding carboxylic acids is 2. The van der Waals surface area contributed by atoms with Crippen molar-refractivity contribution in [1.29, 1.82) is 0 Å². The number of nitrogens with one attached hydrogen (secondary N) is 1. The van der Waals surface area contributed by atoms with Crippen molar-refractivity contribution in [3.05, 3.63) is 99.6 Å². The lowest BCUT2D eigenvalue weighted by atomic mass is 9.34. The number of thiazole rings is 1. The third kappa shape index (κ3) is 2.98. The predicted octanol–water partition coefficient (Wildman–Crippen LogP) is 6.40. The molecule has 1 aliphatic heterocycles. The number of allylic oxidation sites excluding steroid dienone is 3. The van der Waals surface area contributed by atoms with Crippen LogP contribution in [0.25, 0.3) is 5.57 Å². The van der Waals surface area contributed by atoms with Crippen LogP contribution in [0.1, 0.15) is 78.8 Å². The fourth-order valence-electron chi connectivity index (χ4n) is 8.45. The van der Waals surface area contributed by atoms with Crippen molar-refractivity contribution in [2.45, 2.75) is 56.3 Å². The molecule has 1 saturated carbocycles. The number of amides is 2. The van der Waals surface area contributed by atoms with Gasteiger partial charge in [0.2, 0.25) is 11.8 Å². The molecule has 0 radical (unpaired) electrons. The summed E-state index contributed by atoms with van der Waals surface area (Å²) in [6, 6.07) is 17.5. The fraction of sp³-hybridized carbons (Fsp3) is 0.364. The quantitative estimate of drug-likeness (QED) is 0.422. The van der Waals surface area contributed by atoms with Crippen molar-refractivity contribution < 1.29 is 9.59 Å². The van der Waals surface area contributed by atoms with Gasteiger partial charge >= 0.3 is 0 Å². The maximum absolute atomic E-state index is 14.0. The molecule has 4 aliphatic carbocycles. The Hall–Kier alpha value is -3.51. The van der Waals surface area contributed by atoms with Gasteiger partial charge in [-0.15, -0.1) is 11.3 Å². The lowest BCUT2D eigenvalue weighted by molar-refractivity contribution is -0.143. The van der Waals surface area contributed by atoms with Crippen molar-refractivity contribution in [2.24, 2.45) is 5.41 Å². The van der Waals surface area contributed by atoms with Gasteiger partial charge < -0.3 is 10.2 Å². The molecule has 0 bridgehead atoms. The van der Waals surface area contributed by atoms with Crippen LogP contribution in [-0.4, -0.2) is 34.8 Å². The van der Waals surface area contributed by atoms with E-state index in [1.807, 2.05) is 22.4 Å².